The minimum atomic E-state index is -0.809. The van der Waals surface area contributed by atoms with Gasteiger partial charge in [-0.1, -0.05) is 37.3 Å². The Kier molecular flexibility index (Phi) is 7.65. The molecule has 1 aromatic heterocycles. The lowest BCUT2D eigenvalue weighted by Gasteiger charge is -2.14. The number of benzene rings is 2. The smallest absolute Gasteiger partial charge is 0.306 e. The predicted molar refractivity (Wildman–Crippen MR) is 120 cm³/mol. The highest BCUT2D eigenvalue weighted by Gasteiger charge is 2.18. The van der Waals surface area contributed by atoms with E-state index in [0.717, 1.165) is 16.7 Å². The first kappa shape index (κ1) is 23.1. The average molecular weight is 437 g/mol. The first-order valence-electron chi connectivity index (χ1n) is 10.6. The van der Waals surface area contributed by atoms with Crippen LogP contribution in [-0.2, 0) is 29.0 Å². The van der Waals surface area contributed by atoms with Crippen LogP contribution < -0.4 is 10.1 Å². The maximum Gasteiger partial charge on any atom is 0.306 e. The fraction of sp³-hybridized carbons (Fsp3) is 0.320. The number of amides is 1. The number of hydrogen-bond donors (Lipinski definition) is 2. The third-order valence-corrected chi connectivity index (χ3v) is 5.39. The molecule has 0 fully saturated rings. The molecule has 0 saturated heterocycles. The van der Waals surface area contributed by atoms with E-state index in [4.69, 9.17) is 9.15 Å². The van der Waals surface area contributed by atoms with E-state index >= 15 is 0 Å². The Labute approximate surface area is 187 Å². The summed E-state index contributed by atoms with van der Waals surface area (Å²) in [5.41, 5.74) is 3.13. The summed E-state index contributed by atoms with van der Waals surface area (Å²) in [7, 11) is 1.57. The number of methoxy groups -OCH3 is 1. The van der Waals surface area contributed by atoms with Gasteiger partial charge in [0.2, 0.25) is 11.8 Å². The molecule has 32 heavy (non-hydrogen) atoms. The van der Waals surface area contributed by atoms with Crippen LogP contribution in [0, 0.1) is 12.8 Å². The molecular weight excluding hydrogens is 408 g/mol. The van der Waals surface area contributed by atoms with Gasteiger partial charge >= 0.3 is 5.97 Å². The molecule has 1 amide bonds. The number of aliphatic carboxylic acids is 1. The Hall–Kier alpha value is -3.61. The highest BCUT2D eigenvalue weighted by molar-refractivity contribution is 5.78. The van der Waals surface area contributed by atoms with Crippen molar-refractivity contribution in [3.63, 3.8) is 0 Å². The largest absolute Gasteiger partial charge is 0.496 e. The average Bonchev–Trinajstić information content (AvgIpc) is 3.16. The number of nitrogens with one attached hydrogen (secondary N) is 1. The zero-order chi connectivity index (χ0) is 23.1. The van der Waals surface area contributed by atoms with Crippen LogP contribution in [0.4, 0.5) is 0 Å². The van der Waals surface area contributed by atoms with Crippen molar-refractivity contribution in [2.75, 3.05) is 7.11 Å². The van der Waals surface area contributed by atoms with Crippen LogP contribution in [0.15, 0.2) is 52.9 Å². The van der Waals surface area contributed by atoms with E-state index < -0.39 is 11.9 Å². The second kappa shape index (κ2) is 10.6. The monoisotopic (exact) mass is 436 g/mol. The van der Waals surface area contributed by atoms with Crippen LogP contribution in [0.2, 0.25) is 0 Å². The van der Waals surface area contributed by atoms with Crippen molar-refractivity contribution in [1.29, 1.82) is 0 Å². The van der Waals surface area contributed by atoms with Crippen molar-refractivity contribution >= 4 is 11.9 Å². The van der Waals surface area contributed by atoms with Crippen LogP contribution >= 0.6 is 0 Å². The number of aromatic nitrogens is 1. The molecule has 1 heterocycles. The van der Waals surface area contributed by atoms with Crippen molar-refractivity contribution in [2.24, 2.45) is 5.92 Å². The SMILES string of the molecule is CCC(Cc1ccc(OC)c(CNC(=O)Cc2nc(-c3ccccc3)oc2C)c1)C(=O)O. The highest BCUT2D eigenvalue weighted by Crippen LogP contribution is 2.23. The van der Waals surface area contributed by atoms with Crippen molar-refractivity contribution in [3.8, 4) is 17.2 Å². The van der Waals surface area contributed by atoms with Gasteiger partial charge in [0.15, 0.2) is 0 Å². The van der Waals surface area contributed by atoms with Crippen LogP contribution in [0.25, 0.3) is 11.5 Å². The summed E-state index contributed by atoms with van der Waals surface area (Å²) < 4.78 is 11.1. The van der Waals surface area contributed by atoms with Gasteiger partial charge in [0, 0.05) is 17.7 Å². The first-order chi connectivity index (χ1) is 15.4. The van der Waals surface area contributed by atoms with Gasteiger partial charge in [-0.25, -0.2) is 4.98 Å². The molecule has 0 aliphatic carbocycles. The van der Waals surface area contributed by atoms with Gasteiger partial charge in [-0.2, -0.15) is 0 Å². The molecule has 3 rings (SSSR count). The molecule has 168 valence electrons. The van der Waals surface area contributed by atoms with Crippen molar-refractivity contribution in [1.82, 2.24) is 10.3 Å². The third kappa shape index (κ3) is 5.75. The first-order valence-corrected chi connectivity index (χ1v) is 10.6. The van der Waals surface area contributed by atoms with Gasteiger partial charge < -0.3 is 19.6 Å². The zero-order valence-electron chi connectivity index (χ0n) is 18.6. The van der Waals surface area contributed by atoms with Crippen molar-refractivity contribution in [3.05, 3.63) is 71.1 Å². The molecule has 2 aromatic carbocycles. The normalized spacial score (nSPS) is 11.7. The van der Waals surface area contributed by atoms with Crippen molar-refractivity contribution in [2.45, 2.75) is 39.7 Å². The summed E-state index contributed by atoms with van der Waals surface area (Å²) in [6, 6.07) is 15.1. The number of carbonyl (C=O) groups excluding carboxylic acids is 1. The molecule has 0 bridgehead atoms. The second-order valence-electron chi connectivity index (χ2n) is 7.64. The number of carbonyl (C=O) groups is 2. The summed E-state index contributed by atoms with van der Waals surface area (Å²) >= 11 is 0. The van der Waals surface area contributed by atoms with E-state index in [1.165, 1.54) is 0 Å². The topological polar surface area (TPSA) is 102 Å². The highest BCUT2D eigenvalue weighted by atomic mass is 16.5. The van der Waals surface area contributed by atoms with Gasteiger partial charge in [-0.05, 0) is 43.5 Å². The number of oxazole rings is 1. The quantitative estimate of drug-likeness (QED) is 0.495. The minimum absolute atomic E-state index is 0.0983. The van der Waals surface area contributed by atoms with Gasteiger partial charge in [0.1, 0.15) is 11.5 Å². The fourth-order valence-corrected chi connectivity index (χ4v) is 3.49. The van der Waals surface area contributed by atoms with Gasteiger partial charge in [0.05, 0.1) is 25.1 Å². The summed E-state index contributed by atoms with van der Waals surface area (Å²) in [5, 5.41) is 12.2. The third-order valence-electron chi connectivity index (χ3n) is 5.39. The number of aryl methyl sites for hydroxylation is 1. The Bertz CT molecular complexity index is 1080. The number of ether oxygens (including phenoxy) is 1. The molecule has 0 saturated carbocycles. The van der Waals surface area contributed by atoms with Crippen LogP contribution in [0.3, 0.4) is 0 Å². The van der Waals surface area contributed by atoms with E-state index in [9.17, 15) is 14.7 Å². The number of nitrogens with zero attached hydrogens (tertiary/aromatic N) is 1. The van der Waals surface area contributed by atoms with Gasteiger partial charge in [-0.3, -0.25) is 9.59 Å². The van der Waals surface area contributed by atoms with E-state index in [1.807, 2.05) is 49.4 Å². The Morgan fingerprint density at radius 3 is 2.59 bits per heavy atom. The Morgan fingerprint density at radius 2 is 1.94 bits per heavy atom. The van der Waals surface area contributed by atoms with Crippen molar-refractivity contribution < 1.29 is 23.8 Å². The zero-order valence-corrected chi connectivity index (χ0v) is 18.6. The molecule has 0 radical (unpaired) electrons. The molecule has 2 N–H and O–H groups in total. The molecule has 1 unspecified atom stereocenters. The summed E-state index contributed by atoms with van der Waals surface area (Å²) in [6.45, 7) is 3.92. The van der Waals surface area contributed by atoms with Crippen LogP contribution in [-0.4, -0.2) is 29.1 Å². The molecule has 7 heteroatoms. The van der Waals surface area contributed by atoms with E-state index in [0.29, 0.717) is 35.9 Å². The molecule has 7 nitrogen and oxygen atoms in total. The van der Waals surface area contributed by atoms with E-state index in [-0.39, 0.29) is 18.9 Å². The lowest BCUT2D eigenvalue weighted by atomic mass is 9.95. The predicted octanol–water partition coefficient (Wildman–Crippen LogP) is 4.17. The molecule has 0 aliphatic heterocycles. The van der Waals surface area contributed by atoms with Gasteiger partial charge in [-0.15, -0.1) is 0 Å². The Balaban J connectivity index is 1.66. The summed E-state index contributed by atoms with van der Waals surface area (Å²) in [5.74, 6) is 0.296. The molecule has 3 aromatic rings. The maximum atomic E-state index is 12.6. The van der Waals surface area contributed by atoms with Gasteiger partial charge in [0.25, 0.3) is 0 Å². The van der Waals surface area contributed by atoms with Crippen LogP contribution in [0.1, 0.15) is 35.9 Å². The number of rotatable bonds is 10. The lowest BCUT2D eigenvalue weighted by Crippen LogP contribution is -2.25. The molecular formula is C25H28N2O5. The standard InChI is InChI=1S/C25H28N2O5/c1-4-18(25(29)30)12-17-10-11-22(31-3)20(13-17)15-26-23(28)14-21-16(2)32-24(27-21)19-8-6-5-7-9-19/h5-11,13,18H,4,12,14-15H2,1-3H3,(H,26,28)(H,29,30). The number of carboxylic acid groups (broad SMARTS) is 1. The van der Waals surface area contributed by atoms with E-state index in [2.05, 4.69) is 10.3 Å². The summed E-state index contributed by atoms with van der Waals surface area (Å²) in [6.07, 6.45) is 1.08. The fourth-order valence-electron chi connectivity index (χ4n) is 3.49. The Morgan fingerprint density at radius 1 is 1.19 bits per heavy atom. The molecule has 1 atom stereocenters. The minimum Gasteiger partial charge on any atom is -0.496 e. The molecule has 0 aliphatic rings. The summed E-state index contributed by atoms with van der Waals surface area (Å²) in [4.78, 5) is 28.4. The van der Waals surface area contributed by atoms with E-state index in [1.54, 1.807) is 20.1 Å². The van der Waals surface area contributed by atoms with Crippen LogP contribution in [0.5, 0.6) is 5.75 Å². The lowest BCUT2D eigenvalue weighted by molar-refractivity contribution is -0.141. The number of carboxylic acids is 1. The number of hydrogen-bond acceptors (Lipinski definition) is 5. The maximum absolute atomic E-state index is 12.6. The molecule has 0 spiro atoms. The second-order valence-corrected chi connectivity index (χ2v) is 7.64.